The highest BCUT2D eigenvalue weighted by Crippen LogP contribution is 2.39. The van der Waals surface area contributed by atoms with Crippen molar-refractivity contribution in [1.29, 1.82) is 0 Å². The molecule has 2 aromatic carbocycles. The Morgan fingerprint density at radius 1 is 1.08 bits per heavy atom. The first-order valence-corrected chi connectivity index (χ1v) is 21.6. The molecule has 0 atom stereocenters. The summed E-state index contributed by atoms with van der Waals surface area (Å²) in [7, 11) is -1.27. The molecule has 4 bridgehead atoms. The van der Waals surface area contributed by atoms with E-state index in [1.54, 1.807) is 12.3 Å². The van der Waals surface area contributed by atoms with E-state index < -0.39 is 19.2 Å². The fraction of sp³-hybridized carbons (Fsp3) is 0.513. The second-order valence-electron chi connectivity index (χ2n) is 16.4. The zero-order chi connectivity index (χ0) is 36.6. The lowest BCUT2D eigenvalue weighted by molar-refractivity contribution is 0.000346. The number of hydrogen-bond acceptors (Lipinski definition) is 8. The van der Waals surface area contributed by atoms with Crippen LogP contribution in [0.25, 0.3) is 33.4 Å². The van der Waals surface area contributed by atoms with Gasteiger partial charge in [0.1, 0.15) is 29.6 Å². The summed E-state index contributed by atoms with van der Waals surface area (Å²) < 4.78 is 41.8. The molecule has 274 valence electrons. The maximum Gasteiger partial charge on any atom is 0.410 e. The van der Waals surface area contributed by atoms with E-state index in [0.717, 1.165) is 45.2 Å². The van der Waals surface area contributed by atoms with E-state index in [1.165, 1.54) is 6.07 Å². The number of nitrogens with zero attached hydrogens (tertiary/aromatic N) is 5. The number of fused-ring (bicyclic) bond motifs is 6. The summed E-state index contributed by atoms with van der Waals surface area (Å²) in [5, 5.41) is 5.91. The predicted octanol–water partition coefficient (Wildman–Crippen LogP) is 8.35. The van der Waals surface area contributed by atoms with Crippen LogP contribution in [0.1, 0.15) is 46.6 Å². The Hall–Kier alpha value is -4.00. The Kier molecular flexibility index (Phi) is 10.5. The molecular weight excluding hydrogens is 666 g/mol. The summed E-state index contributed by atoms with van der Waals surface area (Å²) in [5.74, 6) is 0.377. The van der Waals surface area contributed by atoms with Gasteiger partial charge in [-0.05, 0) is 70.5 Å². The van der Waals surface area contributed by atoms with Crippen molar-refractivity contribution < 1.29 is 28.1 Å². The molecule has 4 aromatic rings. The molecule has 2 aromatic heterocycles. The average Bonchev–Trinajstić information content (AvgIpc) is 3.40. The third-order valence-electron chi connectivity index (χ3n) is 9.24. The average molecular weight is 718 g/mol. The number of piperazine rings is 1. The molecule has 2 aliphatic rings. The predicted molar refractivity (Wildman–Crippen MR) is 201 cm³/mol. The number of carbonyl (C=O) groups is 1. The van der Waals surface area contributed by atoms with Crippen molar-refractivity contribution in [3.8, 4) is 28.3 Å². The van der Waals surface area contributed by atoms with Crippen LogP contribution in [0.4, 0.5) is 14.9 Å². The van der Waals surface area contributed by atoms with E-state index in [-0.39, 0.29) is 25.2 Å². The van der Waals surface area contributed by atoms with E-state index in [2.05, 4.69) is 50.5 Å². The Morgan fingerprint density at radius 2 is 1.88 bits per heavy atom. The van der Waals surface area contributed by atoms with Gasteiger partial charge >= 0.3 is 6.09 Å². The van der Waals surface area contributed by atoms with Crippen LogP contribution in [0.5, 0.6) is 5.75 Å². The molecule has 0 unspecified atom stereocenters. The number of aromatic nitrogens is 3. The minimum absolute atomic E-state index is 0.250. The molecule has 51 heavy (non-hydrogen) atoms. The normalized spacial score (nSPS) is 16.7. The lowest BCUT2D eigenvalue weighted by Gasteiger charge is -2.48. The van der Waals surface area contributed by atoms with Crippen LogP contribution in [-0.4, -0.2) is 84.4 Å². The zero-order valence-corrected chi connectivity index (χ0v) is 32.3. The fourth-order valence-electron chi connectivity index (χ4n) is 6.61. The van der Waals surface area contributed by atoms with Crippen molar-refractivity contribution in [2.45, 2.75) is 91.2 Å². The Morgan fingerprint density at radius 3 is 2.63 bits per heavy atom. The van der Waals surface area contributed by atoms with E-state index in [9.17, 15) is 4.79 Å². The van der Waals surface area contributed by atoms with Crippen LogP contribution in [0.3, 0.4) is 0 Å². The van der Waals surface area contributed by atoms with E-state index >= 15 is 4.39 Å². The molecule has 0 saturated carbocycles. The third-order valence-corrected chi connectivity index (χ3v) is 10.9. The summed E-state index contributed by atoms with van der Waals surface area (Å²) in [6.07, 6.45) is 2.10. The number of hydrogen-bond donors (Lipinski definition) is 0. The molecule has 0 spiro atoms. The summed E-state index contributed by atoms with van der Waals surface area (Å²) in [4.78, 5) is 22.0. The molecule has 1 amide bonds. The summed E-state index contributed by atoms with van der Waals surface area (Å²) >= 11 is 0. The van der Waals surface area contributed by atoms with Gasteiger partial charge in [-0.15, -0.1) is 0 Å². The van der Waals surface area contributed by atoms with Crippen LogP contribution >= 0.6 is 0 Å². The van der Waals surface area contributed by atoms with Crippen molar-refractivity contribution in [2.75, 3.05) is 44.4 Å². The molecule has 4 heterocycles. The van der Waals surface area contributed by atoms with E-state index in [4.69, 9.17) is 29.0 Å². The highest BCUT2D eigenvalue weighted by atomic mass is 28.3. The monoisotopic (exact) mass is 717 g/mol. The van der Waals surface area contributed by atoms with Crippen LogP contribution < -0.4 is 9.64 Å². The molecule has 2 aliphatic heterocycles. The first kappa shape index (κ1) is 36.8. The van der Waals surface area contributed by atoms with Crippen LogP contribution in [0.15, 0.2) is 48.7 Å². The number of halogens is 1. The van der Waals surface area contributed by atoms with Gasteiger partial charge in [-0.2, -0.15) is 5.10 Å². The molecule has 0 aliphatic carbocycles. The molecule has 1 saturated heterocycles. The molecule has 0 radical (unpaired) electrons. The smallest absolute Gasteiger partial charge is 0.410 e. The zero-order valence-electron chi connectivity index (χ0n) is 31.3. The van der Waals surface area contributed by atoms with Crippen molar-refractivity contribution in [3.05, 3.63) is 60.0 Å². The van der Waals surface area contributed by atoms with Gasteiger partial charge in [-0.1, -0.05) is 37.8 Å². The highest BCUT2D eigenvalue weighted by molar-refractivity contribution is 6.76. The Balaban J connectivity index is 1.40. The molecule has 0 N–H and O–H groups in total. The van der Waals surface area contributed by atoms with Gasteiger partial charge in [0.2, 0.25) is 0 Å². The van der Waals surface area contributed by atoms with Gasteiger partial charge in [0.05, 0.1) is 48.5 Å². The first-order valence-electron chi connectivity index (χ1n) is 17.9. The molecule has 6 rings (SSSR count). The van der Waals surface area contributed by atoms with Crippen LogP contribution in [0.2, 0.25) is 25.7 Å². The van der Waals surface area contributed by atoms with Crippen molar-refractivity contribution in [3.63, 3.8) is 0 Å². The van der Waals surface area contributed by atoms with Gasteiger partial charge in [-0.25, -0.2) is 13.9 Å². The Labute approximate surface area is 301 Å². The van der Waals surface area contributed by atoms with Crippen LogP contribution in [0, 0.1) is 5.82 Å². The number of amides is 1. The number of ether oxygens (including phenoxy) is 4. The minimum atomic E-state index is -1.27. The Bertz CT molecular complexity index is 1880. The van der Waals surface area contributed by atoms with E-state index in [0.29, 0.717) is 57.1 Å². The van der Waals surface area contributed by atoms with Crippen molar-refractivity contribution in [1.82, 2.24) is 19.7 Å². The summed E-state index contributed by atoms with van der Waals surface area (Å²) in [6, 6.07) is 14.2. The second-order valence-corrected chi connectivity index (χ2v) is 22.0. The first-order chi connectivity index (χ1) is 24.1. The number of pyridine rings is 1. The highest BCUT2D eigenvalue weighted by Gasteiger charge is 2.39. The SMILES string of the molecule is CC(C)(C)OC(=O)N1CCN(c2ccc3cc2OCCCOCc2cccc(F)c2-c2cc4c-3nn(COCC[Si](C)(C)C)c4cn2)CC1(C)C. The summed E-state index contributed by atoms with van der Waals surface area (Å²) in [6.45, 7) is 20.5. The quantitative estimate of drug-likeness (QED) is 0.145. The third kappa shape index (κ3) is 8.56. The molecule has 12 heteroatoms. The maximum atomic E-state index is 15.5. The fourth-order valence-corrected chi connectivity index (χ4v) is 7.36. The lowest BCUT2D eigenvalue weighted by atomic mass is 9.98. The second kappa shape index (κ2) is 14.6. The van der Waals surface area contributed by atoms with Gasteiger partial charge in [-0.3, -0.25) is 9.88 Å². The minimum Gasteiger partial charge on any atom is -0.491 e. The molecule has 1 fully saturated rings. The number of anilines is 1. The molecule has 10 nitrogen and oxygen atoms in total. The number of rotatable bonds is 6. The van der Waals surface area contributed by atoms with Gasteiger partial charge in [0.25, 0.3) is 0 Å². The van der Waals surface area contributed by atoms with Gasteiger partial charge in [0.15, 0.2) is 0 Å². The van der Waals surface area contributed by atoms with Gasteiger partial charge < -0.3 is 23.8 Å². The molecular formula is C39H52FN5O5Si. The van der Waals surface area contributed by atoms with Crippen molar-refractivity contribution >= 4 is 30.8 Å². The maximum absolute atomic E-state index is 15.5. The summed E-state index contributed by atoms with van der Waals surface area (Å²) in [5.41, 5.74) is 3.96. The number of carbonyl (C=O) groups excluding carboxylic acids is 1. The lowest BCUT2D eigenvalue weighted by Crippen LogP contribution is -2.61. The van der Waals surface area contributed by atoms with Crippen molar-refractivity contribution in [2.24, 2.45) is 0 Å². The topological polar surface area (TPSA) is 91.2 Å². The number of benzene rings is 2. The largest absolute Gasteiger partial charge is 0.491 e. The van der Waals surface area contributed by atoms with E-state index in [1.807, 2.05) is 48.6 Å². The van der Waals surface area contributed by atoms with Gasteiger partial charge in [0, 0.05) is 57.2 Å². The standard InChI is InChI=1S/C39H52FN5O5Si/c1-38(2,3)50-37(46)44-16-15-43(25-39(44,4)5)32-14-13-27-21-34(32)49-18-10-17-47-24-28-11-9-12-30(40)35(28)31-22-29-33(23-41-31)45(42-36(27)29)26-48-19-20-51(6,7)8/h9,11-14,21-23H,10,15-20,24-26H2,1-8H3. The van der Waals surface area contributed by atoms with Crippen LogP contribution in [-0.2, 0) is 27.5 Å².